The minimum absolute atomic E-state index is 0.369. The molecule has 1 N–H and O–H groups in total. The van der Waals surface area contributed by atoms with E-state index in [9.17, 15) is 0 Å². The SMILES string of the molecule is CCCCC(CC)COc1ccc(C(C)NCC)cc1Br. The number of halogens is 1. The van der Waals surface area contributed by atoms with E-state index in [2.05, 4.69) is 67.1 Å². The molecule has 1 aromatic carbocycles. The summed E-state index contributed by atoms with van der Waals surface area (Å²) < 4.78 is 7.07. The molecule has 0 aromatic heterocycles. The van der Waals surface area contributed by atoms with Crippen LogP contribution in [0.3, 0.4) is 0 Å². The summed E-state index contributed by atoms with van der Waals surface area (Å²) in [6.45, 7) is 10.6. The van der Waals surface area contributed by atoms with E-state index in [-0.39, 0.29) is 0 Å². The van der Waals surface area contributed by atoms with E-state index in [4.69, 9.17) is 4.74 Å². The van der Waals surface area contributed by atoms with Gasteiger partial charge >= 0.3 is 0 Å². The molecule has 0 aliphatic rings. The number of unbranched alkanes of at least 4 members (excludes halogenated alkanes) is 1. The highest BCUT2D eigenvalue weighted by Gasteiger charge is 2.10. The molecule has 21 heavy (non-hydrogen) atoms. The number of nitrogens with one attached hydrogen (secondary N) is 1. The molecule has 0 radical (unpaired) electrons. The van der Waals surface area contributed by atoms with Gasteiger partial charge < -0.3 is 10.1 Å². The number of hydrogen-bond donors (Lipinski definition) is 1. The largest absolute Gasteiger partial charge is 0.492 e. The average Bonchev–Trinajstić information content (AvgIpc) is 2.48. The second kappa shape index (κ2) is 10.2. The van der Waals surface area contributed by atoms with Gasteiger partial charge in [0.25, 0.3) is 0 Å². The first-order valence-corrected chi connectivity index (χ1v) is 9.07. The molecule has 0 aliphatic carbocycles. The van der Waals surface area contributed by atoms with E-state index in [1.807, 2.05) is 0 Å². The summed E-state index contributed by atoms with van der Waals surface area (Å²) in [5.41, 5.74) is 1.29. The smallest absolute Gasteiger partial charge is 0.133 e. The molecule has 0 heterocycles. The van der Waals surface area contributed by atoms with Crippen molar-refractivity contribution in [2.45, 2.75) is 59.4 Å². The Morgan fingerprint density at radius 1 is 1.24 bits per heavy atom. The van der Waals surface area contributed by atoms with Gasteiger partial charge in [-0.3, -0.25) is 0 Å². The Morgan fingerprint density at radius 3 is 2.57 bits per heavy atom. The van der Waals surface area contributed by atoms with Crippen molar-refractivity contribution < 1.29 is 4.74 Å². The highest BCUT2D eigenvalue weighted by molar-refractivity contribution is 9.10. The highest BCUT2D eigenvalue weighted by Crippen LogP contribution is 2.29. The lowest BCUT2D eigenvalue weighted by atomic mass is 10.0. The second-order valence-corrected chi connectivity index (χ2v) is 6.55. The Kier molecular flexibility index (Phi) is 9.02. The molecule has 0 fully saturated rings. The van der Waals surface area contributed by atoms with Crippen molar-refractivity contribution in [3.8, 4) is 5.75 Å². The summed E-state index contributed by atoms with van der Waals surface area (Å²) in [4.78, 5) is 0. The van der Waals surface area contributed by atoms with Crippen LogP contribution >= 0.6 is 15.9 Å². The molecule has 0 aliphatic heterocycles. The predicted octanol–water partition coefficient (Wildman–Crippen LogP) is 5.71. The van der Waals surface area contributed by atoms with Crippen LogP contribution in [0.5, 0.6) is 5.75 Å². The van der Waals surface area contributed by atoms with Gasteiger partial charge in [-0.2, -0.15) is 0 Å². The molecule has 0 saturated carbocycles. The lowest BCUT2D eigenvalue weighted by molar-refractivity contribution is 0.232. The maximum absolute atomic E-state index is 6.01. The first kappa shape index (κ1) is 18.5. The van der Waals surface area contributed by atoms with E-state index in [0.717, 1.165) is 23.4 Å². The standard InChI is InChI=1S/C18H30BrNO/c1-5-8-9-15(6-2)13-21-18-11-10-16(12-17(18)19)14(4)20-7-3/h10-12,14-15,20H,5-9,13H2,1-4H3. The van der Waals surface area contributed by atoms with Crippen molar-refractivity contribution in [2.24, 2.45) is 5.92 Å². The first-order chi connectivity index (χ1) is 10.1. The van der Waals surface area contributed by atoms with Gasteiger partial charge in [-0.15, -0.1) is 0 Å². The van der Waals surface area contributed by atoms with E-state index >= 15 is 0 Å². The van der Waals surface area contributed by atoms with Crippen LogP contribution in [0.25, 0.3) is 0 Å². The van der Waals surface area contributed by atoms with E-state index in [1.54, 1.807) is 0 Å². The van der Waals surface area contributed by atoms with E-state index < -0.39 is 0 Å². The van der Waals surface area contributed by atoms with E-state index in [1.165, 1.54) is 31.2 Å². The number of ether oxygens (including phenoxy) is 1. The van der Waals surface area contributed by atoms with Crippen molar-refractivity contribution in [1.29, 1.82) is 0 Å². The monoisotopic (exact) mass is 355 g/mol. The number of benzene rings is 1. The van der Waals surface area contributed by atoms with Crippen molar-refractivity contribution >= 4 is 15.9 Å². The van der Waals surface area contributed by atoms with Gasteiger partial charge in [0.15, 0.2) is 0 Å². The zero-order valence-electron chi connectivity index (χ0n) is 13.9. The normalized spacial score (nSPS) is 14.0. The Balaban J connectivity index is 2.59. The Bertz CT molecular complexity index is 408. The van der Waals surface area contributed by atoms with Crippen LogP contribution in [0.15, 0.2) is 22.7 Å². The van der Waals surface area contributed by atoms with Gasteiger partial charge in [0.2, 0.25) is 0 Å². The lowest BCUT2D eigenvalue weighted by Gasteiger charge is -2.18. The molecule has 0 amide bonds. The molecule has 3 heteroatoms. The molecule has 2 atom stereocenters. The second-order valence-electron chi connectivity index (χ2n) is 5.70. The molecule has 0 bridgehead atoms. The Hall–Kier alpha value is -0.540. The fourth-order valence-corrected chi connectivity index (χ4v) is 2.94. The number of hydrogen-bond acceptors (Lipinski definition) is 2. The lowest BCUT2D eigenvalue weighted by Crippen LogP contribution is -2.17. The minimum Gasteiger partial charge on any atom is -0.492 e. The summed E-state index contributed by atoms with van der Waals surface area (Å²) in [5, 5.41) is 3.43. The molecule has 120 valence electrons. The Morgan fingerprint density at radius 2 is 2.00 bits per heavy atom. The van der Waals surface area contributed by atoms with Gasteiger partial charge in [0.1, 0.15) is 5.75 Å². The van der Waals surface area contributed by atoms with Crippen LogP contribution in [-0.2, 0) is 0 Å². The van der Waals surface area contributed by atoms with Crippen molar-refractivity contribution in [1.82, 2.24) is 5.32 Å². The van der Waals surface area contributed by atoms with Crippen LogP contribution in [-0.4, -0.2) is 13.2 Å². The zero-order valence-corrected chi connectivity index (χ0v) is 15.5. The van der Waals surface area contributed by atoms with Gasteiger partial charge in [0, 0.05) is 6.04 Å². The molecule has 2 unspecified atom stereocenters. The summed E-state index contributed by atoms with van der Waals surface area (Å²) in [6, 6.07) is 6.77. The molecule has 2 nitrogen and oxygen atoms in total. The average molecular weight is 356 g/mol. The van der Waals surface area contributed by atoms with Gasteiger partial charge in [0.05, 0.1) is 11.1 Å². The minimum atomic E-state index is 0.369. The van der Waals surface area contributed by atoms with Crippen molar-refractivity contribution in [3.05, 3.63) is 28.2 Å². The molecule has 1 aromatic rings. The summed E-state index contributed by atoms with van der Waals surface area (Å²) in [7, 11) is 0. The fraction of sp³-hybridized carbons (Fsp3) is 0.667. The summed E-state index contributed by atoms with van der Waals surface area (Å²) in [6.07, 6.45) is 5.01. The topological polar surface area (TPSA) is 21.3 Å². The van der Waals surface area contributed by atoms with Gasteiger partial charge in [-0.25, -0.2) is 0 Å². The summed E-state index contributed by atoms with van der Waals surface area (Å²) >= 11 is 3.64. The zero-order chi connectivity index (χ0) is 15.7. The molecule has 1 rings (SSSR count). The van der Waals surface area contributed by atoms with Gasteiger partial charge in [-0.05, 0) is 59.4 Å². The summed E-state index contributed by atoms with van der Waals surface area (Å²) in [5.74, 6) is 1.62. The predicted molar refractivity (Wildman–Crippen MR) is 95.0 cm³/mol. The van der Waals surface area contributed by atoms with Gasteiger partial charge in [-0.1, -0.05) is 46.1 Å². The third kappa shape index (κ3) is 6.39. The van der Waals surface area contributed by atoms with Crippen LogP contribution in [0.2, 0.25) is 0 Å². The van der Waals surface area contributed by atoms with Crippen LogP contribution < -0.4 is 10.1 Å². The number of rotatable bonds is 10. The van der Waals surface area contributed by atoms with Crippen molar-refractivity contribution in [3.63, 3.8) is 0 Å². The molecule has 0 saturated heterocycles. The van der Waals surface area contributed by atoms with Crippen LogP contribution in [0.4, 0.5) is 0 Å². The molecule has 0 spiro atoms. The molecular weight excluding hydrogens is 326 g/mol. The molecular formula is C18H30BrNO. The quantitative estimate of drug-likeness (QED) is 0.579. The van der Waals surface area contributed by atoms with Crippen molar-refractivity contribution in [2.75, 3.05) is 13.2 Å². The maximum Gasteiger partial charge on any atom is 0.133 e. The van der Waals surface area contributed by atoms with Crippen LogP contribution in [0, 0.1) is 5.92 Å². The third-order valence-corrected chi connectivity index (χ3v) is 4.60. The Labute approximate surface area is 138 Å². The first-order valence-electron chi connectivity index (χ1n) is 8.27. The fourth-order valence-electron chi connectivity index (χ4n) is 2.43. The maximum atomic E-state index is 6.01. The van der Waals surface area contributed by atoms with Crippen LogP contribution in [0.1, 0.15) is 65.0 Å². The highest BCUT2D eigenvalue weighted by atomic mass is 79.9. The van der Waals surface area contributed by atoms with E-state index in [0.29, 0.717) is 12.0 Å². The third-order valence-electron chi connectivity index (χ3n) is 3.98.